The van der Waals surface area contributed by atoms with E-state index in [9.17, 15) is 10.2 Å². The summed E-state index contributed by atoms with van der Waals surface area (Å²) in [6.45, 7) is 7.21. The predicted octanol–water partition coefficient (Wildman–Crippen LogP) is 1.53. The molecule has 0 saturated carbocycles. The third kappa shape index (κ3) is 3.88. The van der Waals surface area contributed by atoms with Gasteiger partial charge in [-0.3, -0.25) is 0 Å². The molecular weight excluding hydrogens is 152 g/mol. The van der Waals surface area contributed by atoms with Gasteiger partial charge in [0.05, 0.1) is 12.2 Å². The van der Waals surface area contributed by atoms with Crippen LogP contribution in [0.4, 0.5) is 0 Å². The molecule has 0 aromatic heterocycles. The summed E-state index contributed by atoms with van der Waals surface area (Å²) >= 11 is 0. The van der Waals surface area contributed by atoms with Gasteiger partial charge in [-0.2, -0.15) is 0 Å². The molecule has 0 amide bonds. The molecule has 0 bridgehead atoms. The standard InChI is InChI=1S/C10H19O2/c1-4-6-7-10(12)9(5-2)8(3)11/h4,6,8-12H,1,5,7H2,2-3H3/b6-4+. The molecule has 0 aromatic rings. The first-order valence-electron chi connectivity index (χ1n) is 4.43. The molecule has 3 unspecified atom stereocenters. The molecule has 0 aromatic carbocycles. The van der Waals surface area contributed by atoms with E-state index in [1.54, 1.807) is 13.0 Å². The molecule has 2 nitrogen and oxygen atoms in total. The fourth-order valence-electron chi connectivity index (χ4n) is 1.35. The smallest absolute Gasteiger partial charge is 0.0627 e. The Balaban J connectivity index is 3.93. The fourth-order valence-corrected chi connectivity index (χ4v) is 1.35. The Labute approximate surface area is 74.9 Å². The van der Waals surface area contributed by atoms with Gasteiger partial charge >= 0.3 is 0 Å². The zero-order chi connectivity index (χ0) is 9.56. The Hall–Kier alpha value is -0.340. The molecule has 0 spiro atoms. The Morgan fingerprint density at radius 3 is 2.33 bits per heavy atom. The van der Waals surface area contributed by atoms with Crippen molar-refractivity contribution in [1.29, 1.82) is 0 Å². The average Bonchev–Trinajstić information content (AvgIpc) is 2.01. The summed E-state index contributed by atoms with van der Waals surface area (Å²) < 4.78 is 0. The summed E-state index contributed by atoms with van der Waals surface area (Å²) in [5.74, 6) is -0.0267. The first-order chi connectivity index (χ1) is 5.63. The first kappa shape index (κ1) is 11.7. The largest absolute Gasteiger partial charge is 0.393 e. The molecule has 0 aliphatic heterocycles. The van der Waals surface area contributed by atoms with Crippen LogP contribution in [0.25, 0.3) is 0 Å². The summed E-state index contributed by atoms with van der Waals surface area (Å²) in [4.78, 5) is 0. The lowest BCUT2D eigenvalue weighted by atomic mass is 9.92. The summed E-state index contributed by atoms with van der Waals surface area (Å²) in [6.07, 6.45) is 3.96. The monoisotopic (exact) mass is 171 g/mol. The van der Waals surface area contributed by atoms with Gasteiger partial charge in [0.15, 0.2) is 0 Å². The second-order valence-corrected chi connectivity index (χ2v) is 3.09. The molecule has 0 fully saturated rings. The van der Waals surface area contributed by atoms with Crippen molar-refractivity contribution in [2.75, 3.05) is 0 Å². The van der Waals surface area contributed by atoms with E-state index in [1.807, 2.05) is 13.0 Å². The molecule has 2 N–H and O–H groups in total. The Bertz CT molecular complexity index is 130. The normalized spacial score (nSPS) is 19.4. The molecular formula is C10H19O2. The van der Waals surface area contributed by atoms with Gasteiger partial charge in [0.2, 0.25) is 0 Å². The van der Waals surface area contributed by atoms with Crippen molar-refractivity contribution in [3.8, 4) is 0 Å². The van der Waals surface area contributed by atoms with E-state index in [2.05, 4.69) is 6.92 Å². The second-order valence-electron chi connectivity index (χ2n) is 3.09. The van der Waals surface area contributed by atoms with Crippen molar-refractivity contribution in [2.45, 2.75) is 38.9 Å². The Kier molecular flexibility index (Phi) is 6.03. The molecule has 12 heavy (non-hydrogen) atoms. The maximum Gasteiger partial charge on any atom is 0.0627 e. The molecule has 3 atom stereocenters. The van der Waals surface area contributed by atoms with Gasteiger partial charge in [-0.05, 0) is 26.7 Å². The SMILES string of the molecule is [CH2]/C=C/CC(O)C(CC)C(C)O. The quantitative estimate of drug-likeness (QED) is 0.658. The van der Waals surface area contributed by atoms with Gasteiger partial charge in [0.25, 0.3) is 0 Å². The van der Waals surface area contributed by atoms with Crippen LogP contribution in [0.15, 0.2) is 12.2 Å². The minimum absolute atomic E-state index is 0.0267. The number of aliphatic hydroxyl groups excluding tert-OH is 2. The van der Waals surface area contributed by atoms with Gasteiger partial charge in [-0.15, -0.1) is 0 Å². The molecule has 0 saturated heterocycles. The maximum absolute atomic E-state index is 9.57. The highest BCUT2D eigenvalue weighted by Crippen LogP contribution is 2.16. The number of hydrogen-bond acceptors (Lipinski definition) is 2. The predicted molar refractivity (Wildman–Crippen MR) is 50.6 cm³/mol. The van der Waals surface area contributed by atoms with Gasteiger partial charge < -0.3 is 10.2 Å². The number of aliphatic hydroxyl groups is 2. The highest BCUT2D eigenvalue weighted by molar-refractivity contribution is 4.88. The Morgan fingerprint density at radius 2 is 2.00 bits per heavy atom. The third-order valence-electron chi connectivity index (χ3n) is 2.13. The molecule has 71 valence electrons. The van der Waals surface area contributed by atoms with E-state index in [0.29, 0.717) is 6.42 Å². The topological polar surface area (TPSA) is 40.5 Å². The van der Waals surface area contributed by atoms with Crippen LogP contribution in [0.3, 0.4) is 0 Å². The van der Waals surface area contributed by atoms with Crippen LogP contribution in [-0.4, -0.2) is 22.4 Å². The summed E-state index contributed by atoms with van der Waals surface area (Å²) in [5.41, 5.74) is 0. The number of rotatable bonds is 5. The van der Waals surface area contributed by atoms with Gasteiger partial charge in [-0.25, -0.2) is 0 Å². The maximum atomic E-state index is 9.57. The lowest BCUT2D eigenvalue weighted by Crippen LogP contribution is -2.28. The van der Waals surface area contributed by atoms with Crippen molar-refractivity contribution in [1.82, 2.24) is 0 Å². The zero-order valence-corrected chi connectivity index (χ0v) is 7.90. The van der Waals surface area contributed by atoms with Crippen molar-refractivity contribution < 1.29 is 10.2 Å². The lowest BCUT2D eigenvalue weighted by molar-refractivity contribution is 0.0216. The van der Waals surface area contributed by atoms with E-state index >= 15 is 0 Å². The van der Waals surface area contributed by atoms with E-state index in [4.69, 9.17) is 0 Å². The lowest BCUT2D eigenvalue weighted by Gasteiger charge is -2.22. The third-order valence-corrected chi connectivity index (χ3v) is 2.13. The van der Waals surface area contributed by atoms with Crippen LogP contribution in [0.5, 0.6) is 0 Å². The van der Waals surface area contributed by atoms with E-state index < -0.39 is 12.2 Å². The van der Waals surface area contributed by atoms with Crippen LogP contribution < -0.4 is 0 Å². The second kappa shape index (κ2) is 6.21. The van der Waals surface area contributed by atoms with E-state index in [1.165, 1.54) is 0 Å². The minimum atomic E-state index is -0.451. The van der Waals surface area contributed by atoms with Crippen LogP contribution in [0.2, 0.25) is 0 Å². The average molecular weight is 171 g/mol. The van der Waals surface area contributed by atoms with Crippen molar-refractivity contribution >= 4 is 0 Å². The van der Waals surface area contributed by atoms with Crippen LogP contribution in [-0.2, 0) is 0 Å². The summed E-state index contributed by atoms with van der Waals surface area (Å²) in [5, 5.41) is 18.9. The minimum Gasteiger partial charge on any atom is -0.393 e. The summed E-state index contributed by atoms with van der Waals surface area (Å²) in [7, 11) is 0. The van der Waals surface area contributed by atoms with E-state index in [-0.39, 0.29) is 5.92 Å². The van der Waals surface area contributed by atoms with Crippen LogP contribution in [0, 0.1) is 12.8 Å². The van der Waals surface area contributed by atoms with Gasteiger partial charge in [0.1, 0.15) is 0 Å². The van der Waals surface area contributed by atoms with Crippen LogP contribution >= 0.6 is 0 Å². The molecule has 0 aliphatic rings. The fraction of sp³-hybridized carbons (Fsp3) is 0.700. The molecule has 0 aliphatic carbocycles. The highest BCUT2D eigenvalue weighted by atomic mass is 16.3. The zero-order valence-electron chi connectivity index (χ0n) is 7.90. The number of allylic oxidation sites excluding steroid dienone is 1. The molecule has 2 heteroatoms. The molecule has 0 heterocycles. The van der Waals surface area contributed by atoms with E-state index in [0.717, 1.165) is 6.42 Å². The van der Waals surface area contributed by atoms with Gasteiger partial charge in [0, 0.05) is 5.92 Å². The Morgan fingerprint density at radius 1 is 1.42 bits per heavy atom. The van der Waals surface area contributed by atoms with Crippen molar-refractivity contribution in [2.24, 2.45) is 5.92 Å². The van der Waals surface area contributed by atoms with Gasteiger partial charge in [-0.1, -0.05) is 19.1 Å². The van der Waals surface area contributed by atoms with Crippen molar-refractivity contribution in [3.05, 3.63) is 19.1 Å². The number of hydrogen-bond donors (Lipinski definition) is 2. The van der Waals surface area contributed by atoms with Crippen LogP contribution in [0.1, 0.15) is 26.7 Å². The highest BCUT2D eigenvalue weighted by Gasteiger charge is 2.20. The van der Waals surface area contributed by atoms with Crippen molar-refractivity contribution in [3.63, 3.8) is 0 Å². The molecule has 0 rings (SSSR count). The summed E-state index contributed by atoms with van der Waals surface area (Å²) in [6, 6.07) is 0. The molecule has 1 radical (unpaired) electrons. The first-order valence-corrected chi connectivity index (χ1v) is 4.43.